The Balaban J connectivity index is 1.75. The molecule has 1 aliphatic heterocycles. The summed E-state index contributed by atoms with van der Waals surface area (Å²) >= 11 is 3.45. The molecule has 2 aromatic heterocycles. The first kappa shape index (κ1) is 18.4. The van der Waals surface area contributed by atoms with Crippen LogP contribution in [0.2, 0.25) is 0 Å². The Morgan fingerprint density at radius 3 is 2.81 bits per heavy atom. The molecular formula is C19H20BrN3O4. The number of rotatable bonds is 5. The number of pyridine rings is 1. The highest BCUT2D eigenvalue weighted by Gasteiger charge is 2.26. The highest BCUT2D eigenvalue weighted by molar-refractivity contribution is 9.10. The Kier molecular flexibility index (Phi) is 5.40. The molecule has 0 aliphatic carbocycles. The van der Waals surface area contributed by atoms with Gasteiger partial charge in [-0.15, -0.1) is 0 Å². The molecule has 8 heteroatoms. The summed E-state index contributed by atoms with van der Waals surface area (Å²) in [5, 5.41) is 0. The van der Waals surface area contributed by atoms with Gasteiger partial charge < -0.3 is 14.2 Å². The summed E-state index contributed by atoms with van der Waals surface area (Å²) in [6.07, 6.45) is 1.34. The van der Waals surface area contributed by atoms with Gasteiger partial charge in [0.15, 0.2) is 5.65 Å². The monoisotopic (exact) mass is 433 g/mol. The normalized spacial score (nSPS) is 20.2. The smallest absolute Gasteiger partial charge is 0.335 e. The lowest BCUT2D eigenvalue weighted by molar-refractivity contribution is -0.157. The van der Waals surface area contributed by atoms with E-state index in [9.17, 15) is 4.79 Å². The number of benzene rings is 1. The van der Waals surface area contributed by atoms with Crippen LogP contribution in [0.25, 0.3) is 16.9 Å². The van der Waals surface area contributed by atoms with Gasteiger partial charge in [-0.25, -0.2) is 14.3 Å². The van der Waals surface area contributed by atoms with E-state index in [0.29, 0.717) is 32.0 Å². The molecule has 1 aliphatic rings. The van der Waals surface area contributed by atoms with Crippen molar-refractivity contribution in [2.75, 3.05) is 26.9 Å². The second-order valence-electron chi connectivity index (χ2n) is 6.43. The number of methoxy groups -OCH3 is 1. The van der Waals surface area contributed by atoms with Crippen molar-refractivity contribution < 1.29 is 14.2 Å². The van der Waals surface area contributed by atoms with Crippen molar-refractivity contribution in [2.24, 2.45) is 0 Å². The van der Waals surface area contributed by atoms with Gasteiger partial charge in [-0.05, 0) is 34.1 Å². The molecule has 0 saturated carbocycles. The Morgan fingerprint density at radius 2 is 2.04 bits per heavy atom. The molecule has 4 rings (SSSR count). The maximum absolute atomic E-state index is 13.2. The molecule has 3 aromatic rings. The predicted octanol–water partition coefficient (Wildman–Crippen LogP) is 2.38. The quantitative estimate of drug-likeness (QED) is 0.617. The molecule has 1 unspecified atom stereocenters. The summed E-state index contributed by atoms with van der Waals surface area (Å²) in [5.74, 6) is 0. The van der Waals surface area contributed by atoms with Crippen LogP contribution in [0, 0.1) is 0 Å². The molecule has 1 fully saturated rings. The third-order valence-corrected chi connectivity index (χ3v) is 4.92. The Bertz CT molecular complexity index is 984. The number of hydrogen-bond acceptors (Lipinski definition) is 5. The van der Waals surface area contributed by atoms with E-state index in [1.54, 1.807) is 22.4 Å². The van der Waals surface area contributed by atoms with Crippen LogP contribution in [0.1, 0.15) is 0 Å². The number of aromatic nitrogens is 3. The summed E-state index contributed by atoms with van der Waals surface area (Å²) in [7, 11) is 1.63. The van der Waals surface area contributed by atoms with E-state index in [2.05, 4.69) is 20.9 Å². The maximum Gasteiger partial charge on any atom is 0.335 e. The largest absolute Gasteiger partial charge is 0.382 e. The number of ether oxygens (including phenoxy) is 3. The fourth-order valence-electron chi connectivity index (χ4n) is 3.35. The number of halogens is 1. The SMILES string of the molecule is COCC1COC[C@H](Cn2c(=O)n(-c3ccccc3)c3ncc(Br)cc32)O1. The minimum Gasteiger partial charge on any atom is -0.382 e. The first-order valence-electron chi connectivity index (χ1n) is 8.71. The molecule has 0 spiro atoms. The van der Waals surface area contributed by atoms with Gasteiger partial charge in [-0.1, -0.05) is 18.2 Å². The van der Waals surface area contributed by atoms with Crippen molar-refractivity contribution >= 4 is 27.1 Å². The average molecular weight is 434 g/mol. The molecule has 0 amide bonds. The highest BCUT2D eigenvalue weighted by Crippen LogP contribution is 2.21. The van der Waals surface area contributed by atoms with Crippen LogP contribution in [0.4, 0.5) is 0 Å². The second-order valence-corrected chi connectivity index (χ2v) is 7.35. The first-order chi connectivity index (χ1) is 13.2. The highest BCUT2D eigenvalue weighted by atomic mass is 79.9. The van der Waals surface area contributed by atoms with Crippen LogP contribution in [-0.4, -0.2) is 53.3 Å². The van der Waals surface area contributed by atoms with Crippen molar-refractivity contribution in [3.63, 3.8) is 0 Å². The van der Waals surface area contributed by atoms with Gasteiger partial charge in [0, 0.05) is 17.8 Å². The molecule has 0 N–H and O–H groups in total. The van der Waals surface area contributed by atoms with E-state index in [1.807, 2.05) is 36.4 Å². The van der Waals surface area contributed by atoms with Gasteiger partial charge in [0.1, 0.15) is 6.10 Å². The summed E-state index contributed by atoms with van der Waals surface area (Å²) in [4.78, 5) is 17.7. The van der Waals surface area contributed by atoms with E-state index < -0.39 is 0 Å². The zero-order valence-corrected chi connectivity index (χ0v) is 16.5. The van der Waals surface area contributed by atoms with E-state index in [1.165, 1.54) is 0 Å². The fourth-order valence-corrected chi connectivity index (χ4v) is 3.67. The minimum absolute atomic E-state index is 0.128. The minimum atomic E-state index is -0.231. The number of imidazole rings is 1. The van der Waals surface area contributed by atoms with Gasteiger partial charge in [-0.3, -0.25) is 4.57 Å². The van der Waals surface area contributed by atoms with Crippen molar-refractivity contribution in [2.45, 2.75) is 18.8 Å². The third kappa shape index (κ3) is 3.70. The van der Waals surface area contributed by atoms with Crippen molar-refractivity contribution in [3.8, 4) is 5.69 Å². The van der Waals surface area contributed by atoms with Crippen LogP contribution < -0.4 is 5.69 Å². The first-order valence-corrected chi connectivity index (χ1v) is 9.51. The average Bonchev–Trinajstić information content (AvgIpc) is 2.94. The molecule has 1 saturated heterocycles. The van der Waals surface area contributed by atoms with E-state index in [0.717, 1.165) is 15.7 Å². The van der Waals surface area contributed by atoms with Crippen molar-refractivity contribution in [1.29, 1.82) is 0 Å². The summed E-state index contributed by atoms with van der Waals surface area (Å²) in [6, 6.07) is 11.4. The van der Waals surface area contributed by atoms with Crippen LogP contribution in [0.3, 0.4) is 0 Å². The van der Waals surface area contributed by atoms with Gasteiger partial charge in [0.25, 0.3) is 0 Å². The number of nitrogens with zero attached hydrogens (tertiary/aromatic N) is 3. The third-order valence-electron chi connectivity index (χ3n) is 4.48. The van der Waals surface area contributed by atoms with Crippen LogP contribution >= 0.6 is 15.9 Å². The van der Waals surface area contributed by atoms with E-state index in [4.69, 9.17) is 14.2 Å². The lowest BCUT2D eigenvalue weighted by atomic mass is 10.3. The predicted molar refractivity (Wildman–Crippen MR) is 104 cm³/mol. The molecule has 3 heterocycles. The molecular weight excluding hydrogens is 414 g/mol. The van der Waals surface area contributed by atoms with Gasteiger partial charge in [0.2, 0.25) is 0 Å². The Hall–Kier alpha value is -2.00. The van der Waals surface area contributed by atoms with Crippen LogP contribution in [0.5, 0.6) is 0 Å². The molecule has 0 radical (unpaired) electrons. The zero-order chi connectivity index (χ0) is 18.8. The van der Waals surface area contributed by atoms with Gasteiger partial charge >= 0.3 is 5.69 Å². The second kappa shape index (κ2) is 7.93. The summed E-state index contributed by atoms with van der Waals surface area (Å²) < 4.78 is 21.0. The maximum atomic E-state index is 13.2. The lowest BCUT2D eigenvalue weighted by Crippen LogP contribution is -2.42. The van der Waals surface area contributed by atoms with E-state index >= 15 is 0 Å². The number of hydrogen-bond donors (Lipinski definition) is 0. The number of fused-ring (bicyclic) bond motifs is 1. The van der Waals surface area contributed by atoms with Crippen molar-refractivity contribution in [3.05, 3.63) is 57.6 Å². The summed E-state index contributed by atoms with van der Waals surface area (Å²) in [5.41, 5.74) is 1.98. The number of para-hydroxylation sites is 1. The Morgan fingerprint density at radius 1 is 1.26 bits per heavy atom. The lowest BCUT2D eigenvalue weighted by Gasteiger charge is -2.29. The van der Waals surface area contributed by atoms with E-state index in [-0.39, 0.29) is 17.9 Å². The topological polar surface area (TPSA) is 67.5 Å². The zero-order valence-electron chi connectivity index (χ0n) is 14.9. The molecule has 27 heavy (non-hydrogen) atoms. The standard InChI is InChI=1S/C19H20BrN3O4/c1-25-10-16-12-26-11-15(27-16)9-22-17-7-13(20)8-21-18(17)23(19(22)24)14-5-3-2-4-6-14/h2-8,15-16H,9-12H2,1H3/t15-,16?/m0/s1. The molecule has 142 valence electrons. The van der Waals surface area contributed by atoms with Gasteiger partial charge in [-0.2, -0.15) is 0 Å². The Labute approximate surface area is 164 Å². The fraction of sp³-hybridized carbons (Fsp3) is 0.368. The van der Waals surface area contributed by atoms with Crippen molar-refractivity contribution in [1.82, 2.24) is 14.1 Å². The van der Waals surface area contributed by atoms with Crippen LogP contribution in [-0.2, 0) is 20.8 Å². The molecule has 7 nitrogen and oxygen atoms in total. The van der Waals surface area contributed by atoms with Crippen LogP contribution in [0.15, 0.2) is 51.9 Å². The summed E-state index contributed by atoms with van der Waals surface area (Å²) in [6.45, 7) is 1.78. The molecule has 0 bridgehead atoms. The van der Waals surface area contributed by atoms with Gasteiger partial charge in [0.05, 0.1) is 43.7 Å². The molecule has 1 aromatic carbocycles. The molecule has 2 atom stereocenters.